The monoisotopic (exact) mass is 146 g/mol. The third kappa shape index (κ3) is 2.62. The topological polar surface area (TPSA) is 81.3 Å². The van der Waals surface area contributed by atoms with Crippen molar-refractivity contribution in [3.8, 4) is 0 Å². The van der Waals surface area contributed by atoms with E-state index in [0.717, 1.165) is 13.0 Å². The highest BCUT2D eigenvalue weighted by atomic mass is 15.5. The van der Waals surface area contributed by atoms with Crippen molar-refractivity contribution in [1.29, 1.82) is 0 Å². The van der Waals surface area contributed by atoms with E-state index < -0.39 is 5.79 Å². The van der Waals surface area contributed by atoms with E-state index in [0.29, 0.717) is 6.42 Å². The summed E-state index contributed by atoms with van der Waals surface area (Å²) in [6.07, 6.45) is 1.62. The molecule has 0 aromatic heterocycles. The first kappa shape index (κ1) is 9.84. The van der Waals surface area contributed by atoms with Gasteiger partial charge in [-0.25, -0.2) is 5.01 Å². The van der Waals surface area contributed by atoms with Gasteiger partial charge in [0.05, 0.1) is 0 Å². The molecular formula is C6H18N4. The van der Waals surface area contributed by atoms with Gasteiger partial charge in [0.2, 0.25) is 0 Å². The van der Waals surface area contributed by atoms with E-state index >= 15 is 0 Å². The Bertz CT molecular complexity index is 91.7. The number of hydrogen-bond acceptors (Lipinski definition) is 4. The highest BCUT2D eigenvalue weighted by Crippen LogP contribution is 2.00. The van der Waals surface area contributed by atoms with Crippen LogP contribution in [0.1, 0.15) is 26.7 Å². The predicted octanol–water partition coefficient (Wildman–Crippen LogP) is -0.447. The smallest absolute Gasteiger partial charge is 0.133 e. The van der Waals surface area contributed by atoms with Crippen LogP contribution in [-0.4, -0.2) is 17.3 Å². The molecule has 0 saturated heterocycles. The molecule has 4 nitrogen and oxygen atoms in total. The van der Waals surface area contributed by atoms with Gasteiger partial charge >= 0.3 is 0 Å². The van der Waals surface area contributed by atoms with Crippen molar-refractivity contribution < 1.29 is 0 Å². The lowest BCUT2D eigenvalue weighted by Gasteiger charge is -2.32. The van der Waals surface area contributed by atoms with E-state index in [1.807, 2.05) is 13.8 Å². The number of rotatable bonds is 4. The van der Waals surface area contributed by atoms with Gasteiger partial charge in [-0.2, -0.15) is 0 Å². The van der Waals surface area contributed by atoms with Crippen LogP contribution in [0.25, 0.3) is 0 Å². The molecule has 0 atom stereocenters. The maximum Gasteiger partial charge on any atom is 0.133 e. The molecule has 0 aliphatic carbocycles. The molecule has 10 heavy (non-hydrogen) atoms. The molecule has 6 N–H and O–H groups in total. The summed E-state index contributed by atoms with van der Waals surface area (Å²) in [5, 5.41) is 1.48. The fourth-order valence-electron chi connectivity index (χ4n) is 0.652. The fraction of sp³-hybridized carbons (Fsp3) is 1.00. The van der Waals surface area contributed by atoms with Crippen LogP contribution in [0.2, 0.25) is 0 Å². The van der Waals surface area contributed by atoms with E-state index in [2.05, 4.69) is 0 Å². The third-order valence-electron chi connectivity index (χ3n) is 1.57. The van der Waals surface area contributed by atoms with Crippen LogP contribution >= 0.6 is 0 Å². The minimum atomic E-state index is -0.837. The molecule has 0 aromatic rings. The Hall–Kier alpha value is -0.160. The molecule has 0 heterocycles. The molecule has 0 radical (unpaired) electrons. The molecule has 0 rings (SSSR count). The van der Waals surface area contributed by atoms with Gasteiger partial charge in [-0.05, 0) is 12.8 Å². The van der Waals surface area contributed by atoms with Crippen LogP contribution in [0.3, 0.4) is 0 Å². The van der Waals surface area contributed by atoms with Crippen LogP contribution in [-0.2, 0) is 0 Å². The zero-order valence-electron chi connectivity index (χ0n) is 6.80. The minimum absolute atomic E-state index is 0.656. The number of hydrogen-bond donors (Lipinski definition) is 3. The van der Waals surface area contributed by atoms with Crippen molar-refractivity contribution in [2.75, 3.05) is 6.54 Å². The second kappa shape index (κ2) is 3.88. The second-order valence-corrected chi connectivity index (χ2v) is 2.54. The van der Waals surface area contributed by atoms with Gasteiger partial charge in [-0.3, -0.25) is 17.3 Å². The second-order valence-electron chi connectivity index (χ2n) is 2.54. The van der Waals surface area contributed by atoms with Crippen molar-refractivity contribution >= 4 is 0 Å². The maximum atomic E-state index is 5.62. The summed E-state index contributed by atoms with van der Waals surface area (Å²) < 4.78 is 0. The lowest BCUT2D eigenvalue weighted by molar-refractivity contribution is 0.0937. The normalized spacial score (nSPS) is 12.6. The molecule has 0 aliphatic rings. The lowest BCUT2D eigenvalue weighted by atomic mass is 10.2. The SMILES string of the molecule is CCCN(N)C(N)(N)CC. The average Bonchev–Trinajstić information content (AvgIpc) is 1.89. The Morgan fingerprint density at radius 3 is 2.10 bits per heavy atom. The zero-order valence-corrected chi connectivity index (χ0v) is 6.80. The Labute approximate surface area is 62.3 Å². The molecule has 0 unspecified atom stereocenters. The molecule has 0 amide bonds. The van der Waals surface area contributed by atoms with Crippen molar-refractivity contribution in [1.82, 2.24) is 5.01 Å². The third-order valence-corrected chi connectivity index (χ3v) is 1.57. The van der Waals surface area contributed by atoms with Crippen LogP contribution in [0.4, 0.5) is 0 Å². The first-order valence-electron chi connectivity index (χ1n) is 3.64. The summed E-state index contributed by atoms with van der Waals surface area (Å²) in [5.41, 5.74) is 11.2. The molecule has 0 bridgehead atoms. The Morgan fingerprint density at radius 2 is 1.80 bits per heavy atom. The van der Waals surface area contributed by atoms with Gasteiger partial charge in [-0.1, -0.05) is 13.8 Å². The summed E-state index contributed by atoms with van der Waals surface area (Å²) in [6.45, 7) is 4.68. The van der Waals surface area contributed by atoms with Crippen molar-refractivity contribution in [2.24, 2.45) is 17.3 Å². The van der Waals surface area contributed by atoms with E-state index in [9.17, 15) is 0 Å². The first-order valence-corrected chi connectivity index (χ1v) is 3.64. The Morgan fingerprint density at radius 1 is 1.30 bits per heavy atom. The van der Waals surface area contributed by atoms with E-state index in [1.165, 1.54) is 5.01 Å². The summed E-state index contributed by atoms with van der Waals surface area (Å²) in [6, 6.07) is 0. The highest BCUT2D eigenvalue weighted by molar-refractivity contribution is 4.71. The molecule has 0 saturated carbocycles. The summed E-state index contributed by atoms with van der Waals surface area (Å²) in [4.78, 5) is 0. The quantitative estimate of drug-likeness (QED) is 0.285. The lowest BCUT2D eigenvalue weighted by Crippen LogP contribution is -2.65. The Kier molecular flexibility index (Phi) is 3.81. The van der Waals surface area contributed by atoms with Gasteiger partial charge in [0, 0.05) is 6.54 Å². The number of nitrogens with zero attached hydrogens (tertiary/aromatic N) is 1. The molecule has 0 aromatic carbocycles. The summed E-state index contributed by atoms with van der Waals surface area (Å²) >= 11 is 0. The van der Waals surface area contributed by atoms with Gasteiger partial charge in [-0.15, -0.1) is 0 Å². The maximum absolute atomic E-state index is 5.62. The zero-order chi connectivity index (χ0) is 8.20. The minimum Gasteiger partial charge on any atom is -0.300 e. The van der Waals surface area contributed by atoms with E-state index in [4.69, 9.17) is 17.3 Å². The predicted molar refractivity (Wildman–Crippen MR) is 42.6 cm³/mol. The molecular weight excluding hydrogens is 128 g/mol. The van der Waals surface area contributed by atoms with Crippen molar-refractivity contribution in [3.63, 3.8) is 0 Å². The molecule has 4 heteroatoms. The molecule has 0 fully saturated rings. The largest absolute Gasteiger partial charge is 0.300 e. The van der Waals surface area contributed by atoms with Gasteiger partial charge in [0.15, 0.2) is 0 Å². The van der Waals surface area contributed by atoms with Crippen molar-refractivity contribution in [2.45, 2.75) is 32.5 Å². The molecule has 62 valence electrons. The van der Waals surface area contributed by atoms with Crippen LogP contribution in [0.15, 0.2) is 0 Å². The number of nitrogens with two attached hydrogens (primary N) is 3. The Balaban J connectivity index is 3.78. The van der Waals surface area contributed by atoms with E-state index in [1.54, 1.807) is 0 Å². The molecule has 0 aliphatic heterocycles. The van der Waals surface area contributed by atoms with Gasteiger partial charge < -0.3 is 0 Å². The van der Waals surface area contributed by atoms with Crippen LogP contribution in [0.5, 0.6) is 0 Å². The summed E-state index contributed by atoms with van der Waals surface area (Å²) in [5.74, 6) is 4.72. The summed E-state index contributed by atoms with van der Waals surface area (Å²) in [7, 11) is 0. The van der Waals surface area contributed by atoms with Gasteiger partial charge in [0.1, 0.15) is 5.79 Å². The van der Waals surface area contributed by atoms with Crippen LogP contribution in [0, 0.1) is 0 Å². The van der Waals surface area contributed by atoms with Gasteiger partial charge in [0.25, 0.3) is 0 Å². The van der Waals surface area contributed by atoms with Crippen molar-refractivity contribution in [3.05, 3.63) is 0 Å². The highest BCUT2D eigenvalue weighted by Gasteiger charge is 2.21. The molecule has 0 spiro atoms. The first-order chi connectivity index (χ1) is 4.54. The van der Waals surface area contributed by atoms with Crippen LogP contribution < -0.4 is 17.3 Å². The standard InChI is InChI=1S/C6H18N4/c1-3-5-10(9)6(7,8)4-2/h3-5,7-9H2,1-2H3. The fourth-order valence-corrected chi connectivity index (χ4v) is 0.652. The average molecular weight is 146 g/mol. The number of hydrazine groups is 1. The van der Waals surface area contributed by atoms with E-state index in [-0.39, 0.29) is 0 Å².